The zero-order valence-corrected chi connectivity index (χ0v) is 13.1. The number of amides is 1. The molecular weight excluding hydrogens is 297 g/mol. The second-order valence-corrected chi connectivity index (χ2v) is 5.88. The van der Waals surface area contributed by atoms with Gasteiger partial charge in [0.05, 0.1) is 11.6 Å². The summed E-state index contributed by atoms with van der Waals surface area (Å²) in [7, 11) is 0. The fourth-order valence-corrected chi connectivity index (χ4v) is 2.99. The van der Waals surface area contributed by atoms with Gasteiger partial charge in [-0.1, -0.05) is 12.1 Å². The smallest absolute Gasteiger partial charge is 0.287 e. The minimum absolute atomic E-state index is 0.0322. The highest BCUT2D eigenvalue weighted by molar-refractivity contribution is 6.03. The molecule has 3 rings (SSSR count). The predicted octanol–water partition coefficient (Wildman–Crippen LogP) is 3.74. The average Bonchev–Trinajstić information content (AvgIpc) is 2.85. The molecule has 0 unspecified atom stereocenters. The number of carbonyl (C=O) groups is 2. The van der Waals surface area contributed by atoms with Gasteiger partial charge in [0.25, 0.3) is 5.91 Å². The summed E-state index contributed by atoms with van der Waals surface area (Å²) in [6, 6.07) is 5.72. The van der Waals surface area contributed by atoms with Crippen LogP contribution in [0.3, 0.4) is 0 Å². The number of fused-ring (bicyclic) bond motifs is 1. The van der Waals surface area contributed by atoms with E-state index in [4.69, 9.17) is 4.42 Å². The topological polar surface area (TPSA) is 59.3 Å². The van der Waals surface area contributed by atoms with Crippen LogP contribution in [0.1, 0.15) is 63.6 Å². The molecule has 0 radical (unpaired) electrons. The zero-order valence-electron chi connectivity index (χ0n) is 13.1. The Kier molecular flexibility index (Phi) is 4.03. The van der Waals surface area contributed by atoms with Crippen molar-refractivity contribution in [1.29, 1.82) is 0 Å². The van der Waals surface area contributed by atoms with E-state index < -0.39 is 0 Å². The van der Waals surface area contributed by atoms with Gasteiger partial charge in [-0.2, -0.15) is 0 Å². The van der Waals surface area contributed by atoms with E-state index in [0.717, 1.165) is 6.42 Å². The Morgan fingerprint density at radius 2 is 2.13 bits per heavy atom. The molecule has 0 aliphatic heterocycles. The van der Waals surface area contributed by atoms with Gasteiger partial charge in [-0.15, -0.1) is 0 Å². The van der Waals surface area contributed by atoms with Crippen molar-refractivity contribution in [2.75, 3.05) is 0 Å². The number of carbonyl (C=O) groups excluding carboxylic acids is 2. The average molecular weight is 315 g/mol. The molecule has 1 atom stereocenters. The molecule has 0 saturated heterocycles. The molecule has 120 valence electrons. The molecule has 5 heteroatoms. The molecule has 1 aliphatic rings. The number of hydrogen-bond donors (Lipinski definition) is 1. The van der Waals surface area contributed by atoms with Gasteiger partial charge >= 0.3 is 0 Å². The molecule has 1 N–H and O–H groups in total. The number of hydrogen-bond acceptors (Lipinski definition) is 3. The third-order valence-electron chi connectivity index (χ3n) is 4.21. The highest BCUT2D eigenvalue weighted by atomic mass is 19.1. The summed E-state index contributed by atoms with van der Waals surface area (Å²) in [6.45, 7) is 3.50. The monoisotopic (exact) mass is 315 g/mol. The van der Waals surface area contributed by atoms with Gasteiger partial charge in [0.1, 0.15) is 11.6 Å². The van der Waals surface area contributed by atoms with Crippen molar-refractivity contribution in [3.05, 3.63) is 58.3 Å². The van der Waals surface area contributed by atoms with E-state index in [1.807, 2.05) is 0 Å². The van der Waals surface area contributed by atoms with Gasteiger partial charge in [-0.25, -0.2) is 4.39 Å². The van der Waals surface area contributed by atoms with Crippen molar-refractivity contribution in [3.63, 3.8) is 0 Å². The third kappa shape index (κ3) is 2.91. The van der Waals surface area contributed by atoms with Crippen LogP contribution in [0.4, 0.5) is 4.39 Å². The van der Waals surface area contributed by atoms with Crippen molar-refractivity contribution in [1.82, 2.24) is 5.32 Å². The third-order valence-corrected chi connectivity index (χ3v) is 4.21. The number of benzene rings is 1. The first kappa shape index (κ1) is 15.5. The number of nitrogens with one attached hydrogen (secondary N) is 1. The van der Waals surface area contributed by atoms with E-state index >= 15 is 0 Å². The normalized spacial score (nSPS) is 15.2. The van der Waals surface area contributed by atoms with Crippen LogP contribution >= 0.6 is 0 Å². The van der Waals surface area contributed by atoms with E-state index in [1.165, 1.54) is 12.1 Å². The molecule has 1 heterocycles. The lowest BCUT2D eigenvalue weighted by molar-refractivity contribution is 0.0906. The predicted molar refractivity (Wildman–Crippen MR) is 83.0 cm³/mol. The van der Waals surface area contributed by atoms with E-state index in [0.29, 0.717) is 35.3 Å². The maximum absolute atomic E-state index is 13.3. The van der Waals surface area contributed by atoms with Crippen LogP contribution in [0.15, 0.2) is 28.7 Å². The standard InChI is InChI=1S/C18H18FNO3/c1-10-16-14(21)7-4-8-15(16)23-17(10)18(22)20-11(2)12-5-3-6-13(19)9-12/h3,5-6,9,11H,4,7-8H2,1-2H3,(H,20,22)/t11-/m1/s1. The van der Waals surface area contributed by atoms with E-state index in [1.54, 1.807) is 26.0 Å². The quantitative estimate of drug-likeness (QED) is 0.938. The van der Waals surface area contributed by atoms with Crippen LogP contribution < -0.4 is 5.32 Å². The molecular formula is C18H18FNO3. The van der Waals surface area contributed by atoms with Crippen molar-refractivity contribution >= 4 is 11.7 Å². The lowest BCUT2D eigenvalue weighted by atomic mass is 9.94. The van der Waals surface area contributed by atoms with Crippen molar-refractivity contribution in [2.45, 2.75) is 39.2 Å². The van der Waals surface area contributed by atoms with E-state index in [-0.39, 0.29) is 29.3 Å². The molecule has 2 aromatic rings. The Morgan fingerprint density at radius 3 is 2.83 bits per heavy atom. The molecule has 0 saturated carbocycles. The van der Waals surface area contributed by atoms with Gasteiger partial charge in [0.15, 0.2) is 11.5 Å². The molecule has 4 nitrogen and oxygen atoms in total. The number of aryl methyl sites for hydroxylation is 1. The van der Waals surface area contributed by atoms with E-state index in [2.05, 4.69) is 5.32 Å². The number of halogens is 1. The maximum atomic E-state index is 13.3. The van der Waals surface area contributed by atoms with Crippen LogP contribution in [-0.4, -0.2) is 11.7 Å². The molecule has 1 aromatic carbocycles. The van der Waals surface area contributed by atoms with Crippen LogP contribution in [0.2, 0.25) is 0 Å². The maximum Gasteiger partial charge on any atom is 0.287 e. The highest BCUT2D eigenvalue weighted by Crippen LogP contribution is 2.29. The van der Waals surface area contributed by atoms with Gasteiger partial charge in [0, 0.05) is 18.4 Å². The SMILES string of the molecule is Cc1c(C(=O)N[C@H](C)c2cccc(F)c2)oc2c1C(=O)CCC2. The second kappa shape index (κ2) is 5.99. The fourth-order valence-electron chi connectivity index (χ4n) is 2.99. The highest BCUT2D eigenvalue weighted by Gasteiger charge is 2.29. The first-order chi connectivity index (χ1) is 11.0. The summed E-state index contributed by atoms with van der Waals surface area (Å²) in [5, 5.41) is 2.79. The summed E-state index contributed by atoms with van der Waals surface area (Å²) in [4.78, 5) is 24.4. The van der Waals surface area contributed by atoms with Gasteiger partial charge < -0.3 is 9.73 Å². The molecule has 1 amide bonds. The van der Waals surface area contributed by atoms with Gasteiger partial charge in [0.2, 0.25) is 0 Å². The van der Waals surface area contributed by atoms with Crippen LogP contribution in [0, 0.1) is 12.7 Å². The molecule has 1 aromatic heterocycles. The van der Waals surface area contributed by atoms with Crippen LogP contribution in [0.5, 0.6) is 0 Å². The zero-order chi connectivity index (χ0) is 16.6. The molecule has 0 fully saturated rings. The summed E-state index contributed by atoms with van der Waals surface area (Å²) in [5.41, 5.74) is 1.82. The largest absolute Gasteiger partial charge is 0.455 e. The lowest BCUT2D eigenvalue weighted by Gasteiger charge is -2.13. The molecule has 23 heavy (non-hydrogen) atoms. The summed E-state index contributed by atoms with van der Waals surface area (Å²) < 4.78 is 18.9. The Bertz CT molecular complexity index is 779. The number of furan rings is 1. The Morgan fingerprint density at radius 1 is 1.35 bits per heavy atom. The Labute approximate surface area is 133 Å². The number of Topliss-reactive ketones (excluding diaryl/α,β-unsaturated/α-hetero) is 1. The van der Waals surface area contributed by atoms with Crippen molar-refractivity contribution in [3.8, 4) is 0 Å². The number of ketones is 1. The lowest BCUT2D eigenvalue weighted by Crippen LogP contribution is -2.27. The number of rotatable bonds is 3. The Balaban J connectivity index is 1.83. The minimum atomic E-state index is -0.388. The first-order valence-corrected chi connectivity index (χ1v) is 7.69. The van der Waals surface area contributed by atoms with E-state index in [9.17, 15) is 14.0 Å². The van der Waals surface area contributed by atoms with Gasteiger partial charge in [-0.3, -0.25) is 9.59 Å². The Hall–Kier alpha value is -2.43. The first-order valence-electron chi connectivity index (χ1n) is 7.69. The minimum Gasteiger partial charge on any atom is -0.455 e. The summed E-state index contributed by atoms with van der Waals surface area (Å²) in [6.07, 6.45) is 1.92. The molecule has 0 spiro atoms. The van der Waals surface area contributed by atoms with Crippen molar-refractivity contribution < 1.29 is 18.4 Å². The van der Waals surface area contributed by atoms with Gasteiger partial charge in [-0.05, 0) is 38.0 Å². The summed E-state index contributed by atoms with van der Waals surface area (Å²) in [5.74, 6) is 0.0702. The second-order valence-electron chi connectivity index (χ2n) is 5.88. The molecule has 1 aliphatic carbocycles. The van der Waals surface area contributed by atoms with Crippen LogP contribution in [-0.2, 0) is 6.42 Å². The fraction of sp³-hybridized carbons (Fsp3) is 0.333. The van der Waals surface area contributed by atoms with Crippen LogP contribution in [0.25, 0.3) is 0 Å². The molecule has 0 bridgehead atoms. The summed E-state index contributed by atoms with van der Waals surface area (Å²) >= 11 is 0. The van der Waals surface area contributed by atoms with Crippen molar-refractivity contribution in [2.24, 2.45) is 0 Å².